The van der Waals surface area contributed by atoms with Crippen molar-refractivity contribution in [2.45, 2.75) is 37.0 Å². The molecule has 0 amide bonds. The molecule has 1 aliphatic heterocycles. The lowest BCUT2D eigenvalue weighted by Crippen LogP contribution is -2.34. The zero-order valence-corrected chi connectivity index (χ0v) is 13.4. The van der Waals surface area contributed by atoms with Crippen molar-refractivity contribution >= 4 is 27.2 Å². The Kier molecular flexibility index (Phi) is 5.29. The Bertz CT molecular complexity index is 624. The smallest absolute Gasteiger partial charge is 0.243 e. The normalized spacial score (nSPS) is 18.0. The Morgan fingerprint density at radius 3 is 2.29 bits per heavy atom. The summed E-state index contributed by atoms with van der Waals surface area (Å²) in [6.45, 7) is 1.00. The summed E-state index contributed by atoms with van der Waals surface area (Å²) in [5.41, 5.74) is 5.40. The third-order valence-corrected chi connectivity index (χ3v) is 5.77. The summed E-state index contributed by atoms with van der Waals surface area (Å²) in [7, 11) is -3.62. The fourth-order valence-corrected chi connectivity index (χ4v) is 4.16. The summed E-state index contributed by atoms with van der Waals surface area (Å²) in [4.78, 5) is -0.0931. The summed E-state index contributed by atoms with van der Waals surface area (Å²) < 4.78 is 40.4. The van der Waals surface area contributed by atoms with Crippen LogP contribution in [-0.4, -0.2) is 30.8 Å². The zero-order chi connectivity index (χ0) is 15.5. The number of nitrogens with two attached hydrogens (primary N) is 1. The van der Waals surface area contributed by atoms with Gasteiger partial charge in [-0.05, 0) is 31.0 Å². The van der Waals surface area contributed by atoms with Crippen molar-refractivity contribution in [3.8, 4) is 0 Å². The van der Waals surface area contributed by atoms with Gasteiger partial charge in [0.25, 0.3) is 0 Å². The maximum absolute atomic E-state index is 13.6. The van der Waals surface area contributed by atoms with E-state index in [-0.39, 0.29) is 15.4 Å². The number of benzene rings is 1. The van der Waals surface area contributed by atoms with Crippen LogP contribution in [0.4, 0.5) is 4.39 Å². The first-order valence-electron chi connectivity index (χ1n) is 7.02. The van der Waals surface area contributed by atoms with E-state index >= 15 is 0 Å². The second-order valence-electron chi connectivity index (χ2n) is 5.18. The van der Waals surface area contributed by atoms with Gasteiger partial charge in [0.2, 0.25) is 10.0 Å². The minimum absolute atomic E-state index is 0.0295. The highest BCUT2D eigenvalue weighted by Gasteiger charge is 2.25. The number of halogens is 1. The average molecular weight is 330 g/mol. The second-order valence-corrected chi connectivity index (χ2v) is 7.56. The largest absolute Gasteiger partial charge is 0.389 e. The molecule has 1 fully saturated rings. The lowest BCUT2D eigenvalue weighted by molar-refractivity contribution is 0.364. The number of nitrogens with zero attached hydrogens (tertiary/aromatic N) is 1. The number of hydrogen-bond donors (Lipinski definition) is 1. The van der Waals surface area contributed by atoms with Gasteiger partial charge >= 0.3 is 0 Å². The molecule has 1 aromatic rings. The summed E-state index contributed by atoms with van der Waals surface area (Å²) in [5.74, 6) is -0.603. The van der Waals surface area contributed by atoms with Crippen molar-refractivity contribution in [1.29, 1.82) is 0 Å². The van der Waals surface area contributed by atoms with E-state index in [9.17, 15) is 12.8 Å². The van der Waals surface area contributed by atoms with Crippen LogP contribution in [0.15, 0.2) is 23.1 Å². The molecule has 0 aliphatic carbocycles. The summed E-state index contributed by atoms with van der Waals surface area (Å²) in [6.07, 6.45) is 4.92. The van der Waals surface area contributed by atoms with E-state index in [4.69, 9.17) is 18.0 Å². The van der Waals surface area contributed by atoms with Gasteiger partial charge in [0.1, 0.15) is 10.8 Å². The molecule has 0 atom stereocenters. The van der Waals surface area contributed by atoms with E-state index in [1.54, 1.807) is 0 Å². The van der Waals surface area contributed by atoms with E-state index in [2.05, 4.69) is 0 Å². The standard InChI is InChI=1S/C14H19FN2O2S2/c15-13-7-6-11(10-12(13)14(16)20)21(18,19)17-8-4-2-1-3-5-9-17/h6-7,10H,1-5,8-9H2,(H2,16,20). The van der Waals surface area contributed by atoms with Gasteiger partial charge in [-0.1, -0.05) is 31.5 Å². The predicted octanol–water partition coefficient (Wildman–Crippen LogP) is 2.41. The van der Waals surface area contributed by atoms with Gasteiger partial charge in [-0.15, -0.1) is 0 Å². The minimum atomic E-state index is -3.62. The quantitative estimate of drug-likeness (QED) is 0.865. The molecule has 1 heterocycles. The fraction of sp³-hybridized carbons (Fsp3) is 0.500. The predicted molar refractivity (Wildman–Crippen MR) is 84.1 cm³/mol. The highest BCUT2D eigenvalue weighted by molar-refractivity contribution is 7.89. The third-order valence-electron chi connectivity index (χ3n) is 3.66. The van der Waals surface area contributed by atoms with E-state index in [0.29, 0.717) is 13.1 Å². The highest BCUT2D eigenvalue weighted by Crippen LogP contribution is 2.22. The molecule has 0 saturated carbocycles. The highest BCUT2D eigenvalue weighted by atomic mass is 32.2. The van der Waals surface area contributed by atoms with Gasteiger partial charge in [-0.3, -0.25) is 0 Å². The van der Waals surface area contributed by atoms with E-state index in [1.807, 2.05) is 0 Å². The van der Waals surface area contributed by atoms with E-state index < -0.39 is 15.8 Å². The first-order chi connectivity index (χ1) is 9.93. The van der Waals surface area contributed by atoms with Crippen LogP contribution in [0.3, 0.4) is 0 Å². The molecule has 0 spiro atoms. The van der Waals surface area contributed by atoms with Crippen LogP contribution in [0.25, 0.3) is 0 Å². The van der Waals surface area contributed by atoms with Gasteiger partial charge < -0.3 is 5.73 Å². The maximum Gasteiger partial charge on any atom is 0.243 e. The van der Waals surface area contributed by atoms with Crippen LogP contribution in [-0.2, 0) is 10.0 Å². The van der Waals surface area contributed by atoms with Crippen LogP contribution in [0.5, 0.6) is 0 Å². The van der Waals surface area contributed by atoms with Gasteiger partial charge in [0.05, 0.1) is 4.90 Å². The first kappa shape index (κ1) is 16.3. The molecule has 1 aliphatic rings. The molecule has 2 rings (SSSR count). The molecule has 1 aromatic carbocycles. The molecule has 7 heteroatoms. The molecule has 21 heavy (non-hydrogen) atoms. The zero-order valence-electron chi connectivity index (χ0n) is 11.7. The molecule has 0 aromatic heterocycles. The number of hydrogen-bond acceptors (Lipinski definition) is 3. The van der Waals surface area contributed by atoms with Crippen molar-refractivity contribution in [2.75, 3.05) is 13.1 Å². The number of rotatable bonds is 3. The molecule has 4 nitrogen and oxygen atoms in total. The van der Waals surface area contributed by atoms with Crippen LogP contribution >= 0.6 is 12.2 Å². The molecular formula is C14H19FN2O2S2. The Morgan fingerprint density at radius 2 is 1.71 bits per heavy atom. The van der Waals surface area contributed by atoms with Crippen molar-refractivity contribution < 1.29 is 12.8 Å². The second kappa shape index (κ2) is 6.81. The maximum atomic E-state index is 13.6. The Hall–Kier alpha value is -1.05. The summed E-state index contributed by atoms with van der Waals surface area (Å²) in [5, 5.41) is 0. The van der Waals surface area contributed by atoms with E-state index in [0.717, 1.165) is 38.2 Å². The molecule has 0 bridgehead atoms. The molecule has 1 saturated heterocycles. The fourth-order valence-electron chi connectivity index (χ4n) is 2.46. The topological polar surface area (TPSA) is 63.4 Å². The number of thiocarbonyl (C=S) groups is 1. The van der Waals surface area contributed by atoms with Crippen molar-refractivity contribution in [3.63, 3.8) is 0 Å². The molecule has 116 valence electrons. The summed E-state index contributed by atoms with van der Waals surface area (Å²) >= 11 is 4.76. The van der Waals surface area contributed by atoms with Gasteiger partial charge in [0, 0.05) is 18.7 Å². The molecule has 0 radical (unpaired) electrons. The SMILES string of the molecule is NC(=S)c1cc(S(=O)(=O)N2CCCCCCC2)ccc1F. The first-order valence-corrected chi connectivity index (χ1v) is 8.87. The monoisotopic (exact) mass is 330 g/mol. The summed E-state index contributed by atoms with van der Waals surface area (Å²) in [6, 6.07) is 3.60. The van der Waals surface area contributed by atoms with Crippen LogP contribution in [0, 0.1) is 5.82 Å². The molecular weight excluding hydrogens is 311 g/mol. The lowest BCUT2D eigenvalue weighted by atomic mass is 10.1. The molecule has 0 unspecified atom stereocenters. The number of sulfonamides is 1. The third kappa shape index (κ3) is 3.78. The van der Waals surface area contributed by atoms with Crippen LogP contribution in [0.2, 0.25) is 0 Å². The van der Waals surface area contributed by atoms with Crippen LogP contribution < -0.4 is 5.73 Å². The Balaban J connectivity index is 2.34. The van der Waals surface area contributed by atoms with E-state index in [1.165, 1.54) is 16.4 Å². The van der Waals surface area contributed by atoms with Crippen LogP contribution in [0.1, 0.15) is 37.7 Å². The minimum Gasteiger partial charge on any atom is -0.389 e. The van der Waals surface area contributed by atoms with Gasteiger partial charge in [-0.25, -0.2) is 12.8 Å². The van der Waals surface area contributed by atoms with Gasteiger partial charge in [-0.2, -0.15) is 4.31 Å². The van der Waals surface area contributed by atoms with Crippen molar-refractivity contribution in [3.05, 3.63) is 29.6 Å². The lowest BCUT2D eigenvalue weighted by Gasteiger charge is -2.24. The van der Waals surface area contributed by atoms with Crippen molar-refractivity contribution in [2.24, 2.45) is 5.73 Å². The average Bonchev–Trinajstić information content (AvgIpc) is 2.37. The Morgan fingerprint density at radius 1 is 1.14 bits per heavy atom. The van der Waals surface area contributed by atoms with Crippen molar-refractivity contribution in [1.82, 2.24) is 4.31 Å². The van der Waals surface area contributed by atoms with Gasteiger partial charge in [0.15, 0.2) is 0 Å². The molecule has 2 N–H and O–H groups in total. The Labute approximate surface area is 130 Å².